The number of carboxylic acid groups (broad SMARTS) is 2. The summed E-state index contributed by atoms with van der Waals surface area (Å²) in [6.07, 6.45) is 9.30. The number of carboxylic acids is 2. The molecule has 2 atom stereocenters. The summed E-state index contributed by atoms with van der Waals surface area (Å²) >= 11 is 0. The highest BCUT2D eigenvalue weighted by molar-refractivity contribution is 5.78. The van der Waals surface area contributed by atoms with E-state index in [-0.39, 0.29) is 55.5 Å². The predicted molar refractivity (Wildman–Crippen MR) is 222 cm³/mol. The van der Waals surface area contributed by atoms with Crippen LogP contribution in [-0.4, -0.2) is 124 Å². The molecule has 340 valence electrons. The third-order valence-corrected chi connectivity index (χ3v) is 9.03. The van der Waals surface area contributed by atoms with E-state index in [1.54, 1.807) is 0 Å². The van der Waals surface area contributed by atoms with Gasteiger partial charge in [0.1, 0.15) is 23.3 Å². The van der Waals surface area contributed by atoms with Gasteiger partial charge in [-0.3, -0.25) is 19.2 Å². The molecule has 0 aliphatic heterocycles. The number of amides is 2. The van der Waals surface area contributed by atoms with Gasteiger partial charge in [0.25, 0.3) is 0 Å². The van der Waals surface area contributed by atoms with Crippen LogP contribution >= 0.6 is 0 Å². The Morgan fingerprint density at radius 3 is 1.38 bits per heavy atom. The summed E-state index contributed by atoms with van der Waals surface area (Å²) in [5.41, 5.74) is 0.557. The van der Waals surface area contributed by atoms with Gasteiger partial charge in [0, 0.05) is 43.2 Å². The van der Waals surface area contributed by atoms with Gasteiger partial charge < -0.3 is 39.3 Å². The first-order chi connectivity index (χ1) is 28.1. The lowest BCUT2D eigenvalue weighted by molar-refractivity contribution is -0.871. The minimum absolute atomic E-state index is 0.0502. The standard InChI is InChI=1S/2C22H34F2N2O4/c1-26(2,3)15-19(14-22(28)29)25-21(27)9-7-5-4-6-8-12-30-16-17-13-18(23)10-11-20(17)24;1-26(2,3)15-19(14-22(28)29)25-21(27)9-7-5-4-6-8-12-30-16-17-10-11-18(23)13-20(17)24/h2*10-11,13,19H,4-9,12,14-16H2,1-3H3,(H-,25,27,28,29)/p+2/t2*19-/m11/s1. The lowest BCUT2D eigenvalue weighted by Gasteiger charge is -2.29. The number of hydrogen-bond donors (Lipinski definition) is 4. The molecular formula is C44H70F4N4O8+2. The van der Waals surface area contributed by atoms with E-state index in [2.05, 4.69) is 10.6 Å². The molecule has 0 saturated heterocycles. The van der Waals surface area contributed by atoms with E-state index in [1.807, 2.05) is 42.3 Å². The molecule has 0 heterocycles. The summed E-state index contributed by atoms with van der Waals surface area (Å²) < 4.78 is 64.8. The fraction of sp³-hybridized carbons (Fsp3) is 0.636. The number of benzene rings is 2. The average Bonchev–Trinajstić information content (AvgIpc) is 3.10. The zero-order valence-electron chi connectivity index (χ0n) is 36.5. The van der Waals surface area contributed by atoms with Crippen molar-refractivity contribution in [2.75, 3.05) is 68.6 Å². The van der Waals surface area contributed by atoms with E-state index in [4.69, 9.17) is 19.7 Å². The number of halogens is 4. The minimum atomic E-state index is -0.920. The number of hydrogen-bond acceptors (Lipinski definition) is 6. The molecule has 0 aliphatic rings. The fourth-order valence-electron chi connectivity index (χ4n) is 6.36. The van der Waals surface area contributed by atoms with Crippen molar-refractivity contribution in [2.45, 2.75) is 115 Å². The van der Waals surface area contributed by atoms with Crippen LogP contribution in [0.2, 0.25) is 0 Å². The molecular weight excluding hydrogens is 788 g/mol. The van der Waals surface area contributed by atoms with E-state index < -0.39 is 35.2 Å². The molecule has 12 nitrogen and oxygen atoms in total. The van der Waals surface area contributed by atoms with Crippen LogP contribution in [0, 0.1) is 23.3 Å². The third kappa shape index (κ3) is 29.2. The van der Waals surface area contributed by atoms with Gasteiger partial charge in [-0.25, -0.2) is 17.6 Å². The first-order valence-corrected chi connectivity index (χ1v) is 20.8. The molecule has 0 bridgehead atoms. The summed E-state index contributed by atoms with van der Waals surface area (Å²) in [7, 11) is 11.8. The number of ether oxygens (including phenoxy) is 2. The molecule has 2 aromatic carbocycles. The average molecular weight is 859 g/mol. The molecule has 0 aromatic heterocycles. The molecule has 0 spiro atoms. The highest BCUT2D eigenvalue weighted by Crippen LogP contribution is 2.14. The van der Waals surface area contributed by atoms with Crippen molar-refractivity contribution >= 4 is 23.8 Å². The van der Waals surface area contributed by atoms with Crippen LogP contribution in [0.25, 0.3) is 0 Å². The van der Waals surface area contributed by atoms with Crippen LogP contribution in [0.15, 0.2) is 36.4 Å². The van der Waals surface area contributed by atoms with Gasteiger partial charge in [-0.15, -0.1) is 0 Å². The highest BCUT2D eigenvalue weighted by Gasteiger charge is 2.24. The Morgan fingerprint density at radius 2 is 0.950 bits per heavy atom. The zero-order valence-corrected chi connectivity index (χ0v) is 36.5. The second-order valence-corrected chi connectivity index (χ2v) is 17.3. The van der Waals surface area contributed by atoms with Gasteiger partial charge in [0.15, 0.2) is 0 Å². The number of rotatable bonds is 30. The molecule has 16 heteroatoms. The molecule has 2 aromatic rings. The number of quaternary nitrogens is 2. The molecule has 2 rings (SSSR count). The second-order valence-electron chi connectivity index (χ2n) is 17.3. The zero-order chi connectivity index (χ0) is 45.1. The first-order valence-electron chi connectivity index (χ1n) is 20.8. The maximum absolute atomic E-state index is 13.5. The molecule has 0 unspecified atom stereocenters. The third-order valence-electron chi connectivity index (χ3n) is 9.03. The molecule has 4 N–H and O–H groups in total. The van der Waals surface area contributed by atoms with E-state index in [9.17, 15) is 36.7 Å². The van der Waals surface area contributed by atoms with Crippen molar-refractivity contribution in [3.63, 3.8) is 0 Å². The lowest BCUT2D eigenvalue weighted by Crippen LogP contribution is -2.49. The van der Waals surface area contributed by atoms with Gasteiger partial charge in [-0.2, -0.15) is 0 Å². The normalized spacial score (nSPS) is 12.6. The number of carbonyl (C=O) groups excluding carboxylic acids is 2. The predicted octanol–water partition coefficient (Wildman–Crippen LogP) is 6.98. The van der Waals surface area contributed by atoms with Gasteiger partial charge >= 0.3 is 11.9 Å². The molecule has 0 fully saturated rings. The van der Waals surface area contributed by atoms with Crippen molar-refractivity contribution in [1.82, 2.24) is 10.6 Å². The smallest absolute Gasteiger partial charge is 0.305 e. The van der Waals surface area contributed by atoms with Crippen molar-refractivity contribution < 1.29 is 65.4 Å². The van der Waals surface area contributed by atoms with Crippen molar-refractivity contribution in [1.29, 1.82) is 0 Å². The number of carbonyl (C=O) groups is 4. The van der Waals surface area contributed by atoms with E-state index in [0.29, 0.717) is 53.7 Å². The second kappa shape index (κ2) is 29.2. The van der Waals surface area contributed by atoms with Gasteiger partial charge in [-0.1, -0.05) is 44.6 Å². The summed E-state index contributed by atoms with van der Waals surface area (Å²) in [6, 6.07) is 6.00. The number of nitrogens with one attached hydrogen (secondary N) is 2. The quantitative estimate of drug-likeness (QED) is 0.0374. The van der Waals surface area contributed by atoms with E-state index >= 15 is 0 Å². The Bertz CT molecular complexity index is 1590. The minimum Gasteiger partial charge on any atom is -0.481 e. The molecule has 0 saturated carbocycles. The Hall–Kier alpha value is -4.12. The molecule has 2 amide bonds. The molecule has 60 heavy (non-hydrogen) atoms. The number of nitrogens with zero attached hydrogens (tertiary/aromatic N) is 2. The van der Waals surface area contributed by atoms with Crippen LogP contribution in [0.5, 0.6) is 0 Å². The number of aliphatic carboxylic acids is 2. The Labute approximate surface area is 353 Å². The van der Waals surface area contributed by atoms with Crippen molar-refractivity contribution in [2.24, 2.45) is 0 Å². The van der Waals surface area contributed by atoms with Crippen LogP contribution in [0.4, 0.5) is 17.6 Å². The van der Waals surface area contributed by atoms with Crippen LogP contribution in [0.3, 0.4) is 0 Å². The first kappa shape index (κ1) is 53.9. The lowest BCUT2D eigenvalue weighted by atomic mass is 10.1. The summed E-state index contributed by atoms with van der Waals surface area (Å²) in [5, 5.41) is 23.7. The Kier molecular flexibility index (Phi) is 26.2. The van der Waals surface area contributed by atoms with Gasteiger partial charge in [-0.05, 0) is 49.9 Å². The number of likely N-dealkylation sites (N-methyl/N-ethyl adjacent to an activating group) is 2. The Balaban J connectivity index is 0.000000600. The summed E-state index contributed by atoms with van der Waals surface area (Å²) in [4.78, 5) is 46.2. The summed E-state index contributed by atoms with van der Waals surface area (Å²) in [5.74, 6) is -4.22. The van der Waals surface area contributed by atoms with Crippen LogP contribution in [-0.2, 0) is 41.9 Å². The maximum atomic E-state index is 13.5. The monoisotopic (exact) mass is 859 g/mol. The highest BCUT2D eigenvalue weighted by atomic mass is 19.1. The topological polar surface area (TPSA) is 151 Å². The fourth-order valence-corrected chi connectivity index (χ4v) is 6.36. The number of unbranched alkanes of at least 4 members (excludes halogenated alkanes) is 8. The van der Waals surface area contributed by atoms with Crippen LogP contribution < -0.4 is 10.6 Å². The summed E-state index contributed by atoms with van der Waals surface area (Å²) in [6.45, 7) is 2.25. The van der Waals surface area contributed by atoms with Gasteiger partial charge in [0.05, 0.1) is 93.5 Å². The van der Waals surface area contributed by atoms with Crippen LogP contribution in [0.1, 0.15) is 101 Å². The largest absolute Gasteiger partial charge is 0.481 e. The van der Waals surface area contributed by atoms with Crippen molar-refractivity contribution in [3.8, 4) is 0 Å². The molecule has 0 aliphatic carbocycles. The molecule has 0 radical (unpaired) electrons. The van der Waals surface area contributed by atoms with E-state index in [1.165, 1.54) is 12.1 Å². The van der Waals surface area contributed by atoms with Crippen molar-refractivity contribution in [3.05, 3.63) is 70.8 Å². The SMILES string of the molecule is C[N+](C)(C)C[C@@H](CC(=O)O)NC(=O)CCCCCCCOCc1cc(F)ccc1F.C[N+](C)(C)C[C@@H](CC(=O)O)NC(=O)CCCCCCCOCc1ccc(F)cc1F. The Morgan fingerprint density at radius 1 is 0.550 bits per heavy atom. The van der Waals surface area contributed by atoms with Gasteiger partial charge in [0.2, 0.25) is 11.8 Å². The van der Waals surface area contributed by atoms with E-state index in [0.717, 1.165) is 88.5 Å². The maximum Gasteiger partial charge on any atom is 0.305 e.